The van der Waals surface area contributed by atoms with E-state index in [9.17, 15) is 4.79 Å². The van der Waals surface area contributed by atoms with Crippen molar-refractivity contribution in [1.82, 2.24) is 10.3 Å². The Morgan fingerprint density at radius 2 is 1.90 bits per heavy atom. The number of aromatic nitrogens is 1. The highest BCUT2D eigenvalue weighted by atomic mass is 35.5. The van der Waals surface area contributed by atoms with E-state index < -0.39 is 0 Å². The normalized spacial score (nSPS) is 11.1. The number of benzene rings is 2. The standard InChI is InChI=1S/C23H29N3O2.ClH/c1-4-23(2,3)25-14-8-16-28-21-12-6-5-10-20(21)26-22(27)18-9-7-11-19-17(18)13-15-24-19;/h5-7,9-13,15,24-25H,4,8,14,16H2,1-3H3,(H,26,27);1H. The number of nitrogens with one attached hydrogen (secondary N) is 3. The van der Waals surface area contributed by atoms with Crippen molar-refractivity contribution in [1.29, 1.82) is 0 Å². The lowest BCUT2D eigenvalue weighted by Gasteiger charge is -2.24. The fraction of sp³-hybridized carbons (Fsp3) is 0.348. The zero-order valence-electron chi connectivity index (χ0n) is 17.2. The predicted octanol–water partition coefficient (Wildman–Crippen LogP) is 5.39. The maximum absolute atomic E-state index is 12.8. The summed E-state index contributed by atoms with van der Waals surface area (Å²) in [6.07, 6.45) is 3.82. The molecule has 1 aromatic heterocycles. The molecule has 0 bridgehead atoms. The van der Waals surface area contributed by atoms with Gasteiger partial charge in [0, 0.05) is 28.2 Å². The lowest BCUT2D eigenvalue weighted by atomic mass is 10.0. The van der Waals surface area contributed by atoms with E-state index in [1.54, 1.807) is 0 Å². The third kappa shape index (κ3) is 5.99. The molecule has 0 aliphatic carbocycles. The fourth-order valence-corrected chi connectivity index (χ4v) is 2.97. The molecule has 0 unspecified atom stereocenters. The van der Waals surface area contributed by atoms with Crippen LogP contribution in [0.3, 0.4) is 0 Å². The molecular weight excluding hydrogens is 386 g/mol. The molecule has 0 saturated carbocycles. The van der Waals surface area contributed by atoms with Crippen LogP contribution in [-0.2, 0) is 0 Å². The van der Waals surface area contributed by atoms with Gasteiger partial charge in [-0.1, -0.05) is 25.1 Å². The largest absolute Gasteiger partial charge is 0.491 e. The van der Waals surface area contributed by atoms with Crippen LogP contribution >= 0.6 is 12.4 Å². The van der Waals surface area contributed by atoms with Gasteiger partial charge in [0.15, 0.2) is 0 Å². The van der Waals surface area contributed by atoms with E-state index in [0.717, 1.165) is 30.3 Å². The van der Waals surface area contributed by atoms with E-state index in [1.165, 1.54) is 0 Å². The summed E-state index contributed by atoms with van der Waals surface area (Å²) in [6, 6.07) is 15.1. The zero-order chi connectivity index (χ0) is 20.0. The van der Waals surface area contributed by atoms with Gasteiger partial charge in [-0.05, 0) is 63.6 Å². The number of H-pyrrole nitrogens is 1. The number of carbonyl (C=O) groups excluding carboxylic acids is 1. The molecule has 0 fully saturated rings. The number of halogens is 1. The summed E-state index contributed by atoms with van der Waals surface area (Å²) >= 11 is 0. The Balaban J connectivity index is 0.00000300. The minimum atomic E-state index is -0.146. The second-order valence-electron chi connectivity index (χ2n) is 7.56. The van der Waals surface area contributed by atoms with Crippen molar-refractivity contribution in [2.75, 3.05) is 18.5 Å². The summed E-state index contributed by atoms with van der Waals surface area (Å²) in [7, 11) is 0. The highest BCUT2D eigenvalue weighted by Crippen LogP contribution is 2.26. The fourth-order valence-electron chi connectivity index (χ4n) is 2.97. The highest BCUT2D eigenvalue weighted by Gasteiger charge is 2.14. The molecule has 156 valence electrons. The molecule has 2 aromatic carbocycles. The molecule has 0 aliphatic heterocycles. The van der Waals surface area contributed by atoms with E-state index in [4.69, 9.17) is 4.74 Å². The quantitative estimate of drug-likeness (QED) is 0.410. The summed E-state index contributed by atoms with van der Waals surface area (Å²) < 4.78 is 5.93. The molecule has 6 heteroatoms. The Morgan fingerprint density at radius 1 is 1.10 bits per heavy atom. The third-order valence-electron chi connectivity index (χ3n) is 5.04. The van der Waals surface area contributed by atoms with Crippen molar-refractivity contribution in [2.24, 2.45) is 0 Å². The number of carbonyl (C=O) groups is 1. The van der Waals surface area contributed by atoms with Crippen molar-refractivity contribution in [3.05, 3.63) is 60.3 Å². The Labute approximate surface area is 178 Å². The molecule has 1 amide bonds. The number of hydrogen-bond donors (Lipinski definition) is 3. The molecule has 3 N–H and O–H groups in total. The number of rotatable bonds is 9. The van der Waals surface area contributed by atoms with Crippen LogP contribution in [0.5, 0.6) is 5.75 Å². The lowest BCUT2D eigenvalue weighted by molar-refractivity contribution is 0.102. The van der Waals surface area contributed by atoms with Crippen molar-refractivity contribution in [3.63, 3.8) is 0 Å². The maximum atomic E-state index is 12.8. The van der Waals surface area contributed by atoms with Gasteiger partial charge in [0.25, 0.3) is 5.91 Å². The van der Waals surface area contributed by atoms with Crippen LogP contribution < -0.4 is 15.4 Å². The first-order valence-corrected chi connectivity index (χ1v) is 9.84. The summed E-state index contributed by atoms with van der Waals surface area (Å²) in [5, 5.41) is 7.42. The summed E-state index contributed by atoms with van der Waals surface area (Å²) in [6.45, 7) is 8.06. The van der Waals surface area contributed by atoms with E-state index in [-0.39, 0.29) is 23.9 Å². The highest BCUT2D eigenvalue weighted by molar-refractivity contribution is 6.12. The zero-order valence-corrected chi connectivity index (χ0v) is 18.1. The van der Waals surface area contributed by atoms with E-state index >= 15 is 0 Å². The van der Waals surface area contributed by atoms with Crippen molar-refractivity contribution >= 4 is 34.9 Å². The number of para-hydroxylation sites is 2. The van der Waals surface area contributed by atoms with Crippen molar-refractivity contribution in [2.45, 2.75) is 39.2 Å². The van der Waals surface area contributed by atoms with Gasteiger partial charge < -0.3 is 20.4 Å². The molecule has 0 atom stereocenters. The third-order valence-corrected chi connectivity index (χ3v) is 5.04. The van der Waals surface area contributed by atoms with Gasteiger partial charge >= 0.3 is 0 Å². The van der Waals surface area contributed by atoms with Gasteiger partial charge in [0.2, 0.25) is 0 Å². The molecule has 3 aromatic rings. The minimum Gasteiger partial charge on any atom is -0.491 e. The van der Waals surface area contributed by atoms with Crippen LogP contribution in [-0.4, -0.2) is 29.6 Å². The Morgan fingerprint density at radius 3 is 2.69 bits per heavy atom. The molecule has 3 rings (SSSR count). The average Bonchev–Trinajstić information content (AvgIpc) is 3.17. The van der Waals surface area contributed by atoms with Crippen LogP contribution in [0.4, 0.5) is 5.69 Å². The van der Waals surface area contributed by atoms with Crippen LogP contribution in [0, 0.1) is 0 Å². The van der Waals surface area contributed by atoms with Crippen molar-refractivity contribution < 1.29 is 9.53 Å². The lowest BCUT2D eigenvalue weighted by Crippen LogP contribution is -2.39. The Hall–Kier alpha value is -2.50. The molecule has 5 nitrogen and oxygen atoms in total. The van der Waals surface area contributed by atoms with Gasteiger partial charge in [0.1, 0.15) is 5.75 Å². The first-order valence-electron chi connectivity index (χ1n) is 9.84. The van der Waals surface area contributed by atoms with Crippen LogP contribution in [0.1, 0.15) is 44.0 Å². The number of amides is 1. The first kappa shape index (κ1) is 22.8. The summed E-state index contributed by atoms with van der Waals surface area (Å²) in [5.41, 5.74) is 2.41. The average molecular weight is 416 g/mol. The second-order valence-corrected chi connectivity index (χ2v) is 7.56. The number of ether oxygens (including phenoxy) is 1. The second kappa shape index (κ2) is 10.3. The molecule has 0 aliphatic rings. The smallest absolute Gasteiger partial charge is 0.256 e. The van der Waals surface area contributed by atoms with E-state index in [0.29, 0.717) is 23.6 Å². The van der Waals surface area contributed by atoms with Crippen LogP contribution in [0.15, 0.2) is 54.7 Å². The summed E-state index contributed by atoms with van der Waals surface area (Å²) in [5.74, 6) is 0.541. The monoisotopic (exact) mass is 415 g/mol. The Kier molecular flexibility index (Phi) is 8.11. The minimum absolute atomic E-state index is 0. The predicted molar refractivity (Wildman–Crippen MR) is 122 cm³/mol. The van der Waals surface area contributed by atoms with Gasteiger partial charge in [-0.15, -0.1) is 12.4 Å². The van der Waals surface area contributed by atoms with Crippen LogP contribution in [0.2, 0.25) is 0 Å². The van der Waals surface area contributed by atoms with Gasteiger partial charge in [-0.2, -0.15) is 0 Å². The van der Waals surface area contributed by atoms with Crippen LogP contribution in [0.25, 0.3) is 10.9 Å². The molecule has 29 heavy (non-hydrogen) atoms. The number of hydrogen-bond acceptors (Lipinski definition) is 3. The maximum Gasteiger partial charge on any atom is 0.256 e. The molecular formula is C23H30ClN3O2. The number of anilines is 1. The Bertz CT molecular complexity index is 937. The van der Waals surface area contributed by atoms with Gasteiger partial charge in [-0.3, -0.25) is 4.79 Å². The van der Waals surface area contributed by atoms with E-state index in [1.807, 2.05) is 54.7 Å². The molecule has 0 radical (unpaired) electrons. The van der Waals surface area contributed by atoms with Gasteiger partial charge in [-0.25, -0.2) is 0 Å². The van der Waals surface area contributed by atoms with Gasteiger partial charge in [0.05, 0.1) is 12.3 Å². The molecule has 0 saturated heterocycles. The van der Waals surface area contributed by atoms with E-state index in [2.05, 4.69) is 36.4 Å². The topological polar surface area (TPSA) is 66.2 Å². The SMILES string of the molecule is CCC(C)(C)NCCCOc1ccccc1NC(=O)c1cccc2[nH]ccc12.Cl. The number of fused-ring (bicyclic) bond motifs is 1. The summed E-state index contributed by atoms with van der Waals surface area (Å²) in [4.78, 5) is 15.9. The number of aromatic amines is 1. The van der Waals surface area contributed by atoms with Crippen molar-refractivity contribution in [3.8, 4) is 5.75 Å². The molecule has 0 spiro atoms. The first-order chi connectivity index (χ1) is 13.5. The molecule has 1 heterocycles.